The molecule has 1 aromatic rings. The first-order chi connectivity index (χ1) is 9.19. The fourth-order valence-electron chi connectivity index (χ4n) is 1.43. The number of carboxylic acids is 1. The molecule has 0 aromatic heterocycles. The first-order valence-electron chi connectivity index (χ1n) is 6.02. The first-order valence-corrected chi connectivity index (χ1v) is 6.02. The molecule has 1 aromatic carbocycles. The van der Waals surface area contributed by atoms with E-state index in [1.54, 1.807) is 32.9 Å². The molecule has 1 rings (SSSR count). The fraction of sp³-hybridized carbons (Fsp3) is 0.357. The van der Waals surface area contributed by atoms with Crippen LogP contribution in [0.15, 0.2) is 24.3 Å². The molecule has 0 unspecified atom stereocenters. The molecule has 0 bridgehead atoms. The lowest BCUT2D eigenvalue weighted by Crippen LogP contribution is -2.32. The molecule has 0 aliphatic carbocycles. The summed E-state index contributed by atoms with van der Waals surface area (Å²) in [4.78, 5) is 33.4. The SMILES string of the molecule is CC(C)(C)OC(=O)NCc1cccc(C(=O)C(=O)O)c1. The van der Waals surface area contributed by atoms with Gasteiger partial charge in [-0.25, -0.2) is 9.59 Å². The van der Waals surface area contributed by atoms with Gasteiger partial charge in [-0.1, -0.05) is 18.2 Å². The minimum Gasteiger partial charge on any atom is -0.475 e. The van der Waals surface area contributed by atoms with Crippen LogP contribution in [0.3, 0.4) is 0 Å². The molecule has 0 atom stereocenters. The molecule has 20 heavy (non-hydrogen) atoms. The quantitative estimate of drug-likeness (QED) is 0.649. The summed E-state index contributed by atoms with van der Waals surface area (Å²) in [5, 5.41) is 11.2. The molecule has 0 heterocycles. The Labute approximate surface area is 116 Å². The number of aliphatic carboxylic acids is 1. The predicted molar refractivity (Wildman–Crippen MR) is 71.5 cm³/mol. The van der Waals surface area contributed by atoms with Crippen LogP contribution in [0.4, 0.5) is 4.79 Å². The van der Waals surface area contributed by atoms with Crippen LogP contribution >= 0.6 is 0 Å². The normalized spacial score (nSPS) is 10.8. The van der Waals surface area contributed by atoms with Crippen LogP contribution in [-0.4, -0.2) is 28.6 Å². The summed E-state index contributed by atoms with van der Waals surface area (Å²) in [5.74, 6) is -2.49. The zero-order valence-electron chi connectivity index (χ0n) is 11.6. The summed E-state index contributed by atoms with van der Waals surface area (Å²) in [5.41, 5.74) is 0.0922. The lowest BCUT2D eigenvalue weighted by molar-refractivity contribution is -0.131. The largest absolute Gasteiger partial charge is 0.475 e. The molecule has 1 amide bonds. The second-order valence-corrected chi connectivity index (χ2v) is 5.19. The highest BCUT2D eigenvalue weighted by Crippen LogP contribution is 2.09. The second kappa shape index (κ2) is 6.18. The Morgan fingerprint density at radius 2 is 1.90 bits per heavy atom. The maximum Gasteiger partial charge on any atom is 0.407 e. The molecule has 0 spiro atoms. The van der Waals surface area contributed by atoms with E-state index in [9.17, 15) is 14.4 Å². The highest BCUT2D eigenvalue weighted by Gasteiger charge is 2.17. The predicted octanol–water partition coefficient (Wildman–Crippen LogP) is 1.98. The van der Waals surface area contributed by atoms with E-state index in [0.29, 0.717) is 5.56 Å². The number of hydrogen-bond acceptors (Lipinski definition) is 4. The van der Waals surface area contributed by atoms with E-state index < -0.39 is 23.4 Å². The van der Waals surface area contributed by atoms with Gasteiger partial charge in [0.1, 0.15) is 5.60 Å². The monoisotopic (exact) mass is 279 g/mol. The number of carboxylic acid groups (broad SMARTS) is 1. The molecule has 0 saturated carbocycles. The molecule has 108 valence electrons. The maximum absolute atomic E-state index is 11.5. The van der Waals surface area contributed by atoms with Crippen LogP contribution < -0.4 is 5.32 Å². The van der Waals surface area contributed by atoms with E-state index in [4.69, 9.17) is 9.84 Å². The minimum absolute atomic E-state index is 0.0704. The van der Waals surface area contributed by atoms with Gasteiger partial charge < -0.3 is 15.2 Å². The molecule has 0 radical (unpaired) electrons. The third-order valence-electron chi connectivity index (χ3n) is 2.22. The van der Waals surface area contributed by atoms with Crippen LogP contribution in [0.5, 0.6) is 0 Å². The van der Waals surface area contributed by atoms with Crippen molar-refractivity contribution < 1.29 is 24.2 Å². The molecule has 0 saturated heterocycles. The Balaban J connectivity index is 2.66. The summed E-state index contributed by atoms with van der Waals surface area (Å²) in [6, 6.07) is 6.07. The van der Waals surface area contributed by atoms with E-state index in [0.717, 1.165) is 0 Å². The number of nitrogens with one attached hydrogen (secondary N) is 1. The summed E-state index contributed by atoms with van der Waals surface area (Å²) in [6.45, 7) is 5.39. The van der Waals surface area contributed by atoms with Crippen molar-refractivity contribution in [1.82, 2.24) is 5.32 Å². The standard InChI is InChI=1S/C14H17NO5/c1-14(2,3)20-13(19)15-8-9-5-4-6-10(7-9)11(16)12(17)18/h4-7H,8H2,1-3H3,(H,15,19)(H,17,18). The Hall–Kier alpha value is -2.37. The average Bonchev–Trinajstić information content (AvgIpc) is 2.33. The average molecular weight is 279 g/mol. The smallest absolute Gasteiger partial charge is 0.407 e. The highest BCUT2D eigenvalue weighted by molar-refractivity contribution is 6.39. The third-order valence-corrected chi connectivity index (χ3v) is 2.22. The van der Waals surface area contributed by atoms with Crippen LogP contribution in [0, 0.1) is 0 Å². The second-order valence-electron chi connectivity index (χ2n) is 5.19. The van der Waals surface area contributed by atoms with E-state index in [2.05, 4.69) is 5.32 Å². The van der Waals surface area contributed by atoms with Gasteiger partial charge in [0.15, 0.2) is 0 Å². The van der Waals surface area contributed by atoms with Crippen molar-refractivity contribution in [2.24, 2.45) is 0 Å². The number of rotatable bonds is 4. The van der Waals surface area contributed by atoms with E-state index in [-0.39, 0.29) is 12.1 Å². The number of Topliss-reactive ketones (excluding diaryl/α,β-unsaturated/α-hetero) is 1. The molecular formula is C14H17NO5. The van der Waals surface area contributed by atoms with Crippen molar-refractivity contribution in [3.8, 4) is 0 Å². The van der Waals surface area contributed by atoms with Crippen LogP contribution in [0.1, 0.15) is 36.7 Å². The number of ketones is 1. The van der Waals surface area contributed by atoms with Gasteiger partial charge in [-0.05, 0) is 32.4 Å². The van der Waals surface area contributed by atoms with Gasteiger partial charge in [-0.3, -0.25) is 4.79 Å². The zero-order valence-corrected chi connectivity index (χ0v) is 11.6. The van der Waals surface area contributed by atoms with E-state index in [1.165, 1.54) is 12.1 Å². The fourth-order valence-corrected chi connectivity index (χ4v) is 1.43. The Kier molecular flexibility index (Phi) is 4.85. The number of alkyl carbamates (subject to hydrolysis) is 1. The number of hydrogen-bond donors (Lipinski definition) is 2. The number of ether oxygens (including phenoxy) is 1. The molecule has 6 heteroatoms. The highest BCUT2D eigenvalue weighted by atomic mass is 16.6. The molecule has 6 nitrogen and oxygen atoms in total. The first kappa shape index (κ1) is 15.7. The van der Waals surface area contributed by atoms with Crippen molar-refractivity contribution in [3.05, 3.63) is 35.4 Å². The van der Waals surface area contributed by atoms with Crippen LogP contribution in [0.25, 0.3) is 0 Å². The van der Waals surface area contributed by atoms with Crippen molar-refractivity contribution in [2.45, 2.75) is 32.9 Å². The van der Waals surface area contributed by atoms with Crippen molar-refractivity contribution in [3.63, 3.8) is 0 Å². The Morgan fingerprint density at radius 3 is 2.45 bits per heavy atom. The summed E-state index contributed by atoms with van der Waals surface area (Å²) < 4.78 is 5.06. The molecule has 0 aliphatic heterocycles. The zero-order chi connectivity index (χ0) is 15.3. The van der Waals surface area contributed by atoms with E-state index >= 15 is 0 Å². The van der Waals surface area contributed by atoms with E-state index in [1.807, 2.05) is 0 Å². The van der Waals surface area contributed by atoms with Gasteiger partial charge in [-0.2, -0.15) is 0 Å². The number of carbonyl (C=O) groups excluding carboxylic acids is 2. The number of amides is 1. The molecule has 0 aliphatic rings. The molecule has 0 fully saturated rings. The summed E-state index contributed by atoms with van der Waals surface area (Å²) in [7, 11) is 0. The summed E-state index contributed by atoms with van der Waals surface area (Å²) >= 11 is 0. The molecular weight excluding hydrogens is 262 g/mol. The summed E-state index contributed by atoms with van der Waals surface area (Å²) in [6.07, 6.45) is -0.576. The maximum atomic E-state index is 11.5. The van der Waals surface area contributed by atoms with Crippen molar-refractivity contribution >= 4 is 17.8 Å². The van der Waals surface area contributed by atoms with Crippen LogP contribution in [-0.2, 0) is 16.1 Å². The van der Waals surface area contributed by atoms with Gasteiger partial charge in [-0.15, -0.1) is 0 Å². The van der Waals surface area contributed by atoms with Gasteiger partial charge >= 0.3 is 12.1 Å². The Bertz CT molecular complexity index is 531. The minimum atomic E-state index is -1.51. The van der Waals surface area contributed by atoms with Gasteiger partial charge in [0.2, 0.25) is 0 Å². The number of carbonyl (C=O) groups is 3. The lowest BCUT2D eigenvalue weighted by Gasteiger charge is -2.19. The van der Waals surface area contributed by atoms with Crippen LogP contribution in [0.2, 0.25) is 0 Å². The molecule has 2 N–H and O–H groups in total. The topological polar surface area (TPSA) is 92.7 Å². The van der Waals surface area contributed by atoms with Gasteiger partial charge in [0.25, 0.3) is 5.78 Å². The Morgan fingerprint density at radius 1 is 1.25 bits per heavy atom. The van der Waals surface area contributed by atoms with Crippen molar-refractivity contribution in [2.75, 3.05) is 0 Å². The lowest BCUT2D eigenvalue weighted by atomic mass is 10.1. The van der Waals surface area contributed by atoms with Crippen molar-refractivity contribution in [1.29, 1.82) is 0 Å². The third kappa shape index (κ3) is 5.09. The van der Waals surface area contributed by atoms with Gasteiger partial charge in [0.05, 0.1) is 0 Å². The number of benzene rings is 1. The van der Waals surface area contributed by atoms with Gasteiger partial charge in [0, 0.05) is 12.1 Å².